The highest BCUT2D eigenvalue weighted by molar-refractivity contribution is 5.69. The SMILES string of the molecule is CCCCCCCCCCCCCCCC(=O)OC1CC[C@@]2(C)C(=CC[C@H]3[C@@H]4C[C@@H]5O[C@]6(CCC(C)CO6)[C@@H](C)[C@@H]5[C@@]4(C)CC[C@@H]32)C1. The Hall–Kier alpha value is -0.870. The fourth-order valence-electron chi connectivity index (χ4n) is 12.3. The first kappa shape index (κ1) is 35.9. The van der Waals surface area contributed by atoms with Gasteiger partial charge < -0.3 is 14.2 Å². The second-order valence-electron chi connectivity index (χ2n) is 18.1. The molecule has 0 radical (unpaired) electrons. The van der Waals surface area contributed by atoms with Gasteiger partial charge in [-0.25, -0.2) is 0 Å². The lowest BCUT2D eigenvalue weighted by atomic mass is 9.47. The lowest BCUT2D eigenvalue weighted by Crippen LogP contribution is -2.52. The molecule has 4 heteroatoms. The van der Waals surface area contributed by atoms with Gasteiger partial charge in [-0.05, 0) is 91.8 Å². The number of esters is 1. The van der Waals surface area contributed by atoms with Gasteiger partial charge in [-0.3, -0.25) is 4.79 Å². The van der Waals surface area contributed by atoms with Crippen LogP contribution in [0.5, 0.6) is 0 Å². The van der Waals surface area contributed by atoms with E-state index in [0.29, 0.717) is 35.7 Å². The van der Waals surface area contributed by atoms with Gasteiger partial charge in [0.25, 0.3) is 0 Å². The van der Waals surface area contributed by atoms with Crippen LogP contribution in [0, 0.1) is 46.3 Å². The average Bonchev–Trinajstić information content (AvgIpc) is 3.50. The predicted octanol–water partition coefficient (Wildman–Crippen LogP) is 11.7. The van der Waals surface area contributed by atoms with Gasteiger partial charge in [-0.1, -0.05) is 123 Å². The zero-order chi connectivity index (χ0) is 33.1. The molecule has 1 spiro atoms. The smallest absolute Gasteiger partial charge is 0.306 e. The topological polar surface area (TPSA) is 44.8 Å². The second-order valence-corrected chi connectivity index (χ2v) is 18.1. The second kappa shape index (κ2) is 15.6. The summed E-state index contributed by atoms with van der Waals surface area (Å²) in [7, 11) is 0. The van der Waals surface area contributed by atoms with Crippen molar-refractivity contribution in [2.75, 3.05) is 6.61 Å². The zero-order valence-corrected chi connectivity index (χ0v) is 31.3. The number of rotatable bonds is 15. The van der Waals surface area contributed by atoms with Gasteiger partial charge in [0.2, 0.25) is 0 Å². The standard InChI is InChI=1S/C43H72O4/c1-6-7-8-9-10-11-12-13-14-15-16-17-18-19-39(44)46-34-23-25-41(4)33(28-34)20-21-35-36(41)24-26-42(5)37(35)29-38-40(42)32(3)43(47-38)27-22-31(2)30-45-43/h20,31-32,34-38,40H,6-19,21-30H2,1-5H3/t31?,32-,34?,35+,36-,37-,38-,40-,41-,42-,43+/m0/s1. The number of allylic oxidation sites excluding steroid dienone is 1. The lowest BCUT2D eigenvalue weighted by Gasteiger charge is -2.58. The normalized spacial score (nSPS) is 42.4. The monoisotopic (exact) mass is 653 g/mol. The van der Waals surface area contributed by atoms with E-state index in [-0.39, 0.29) is 23.3 Å². The summed E-state index contributed by atoms with van der Waals surface area (Å²) in [5, 5.41) is 0. The van der Waals surface area contributed by atoms with Crippen LogP contribution < -0.4 is 0 Å². The quantitative estimate of drug-likeness (QED) is 0.100. The minimum Gasteiger partial charge on any atom is -0.462 e. The molecule has 0 aromatic heterocycles. The Kier molecular flexibility index (Phi) is 11.9. The van der Waals surface area contributed by atoms with Crippen LogP contribution in [0.25, 0.3) is 0 Å². The third kappa shape index (κ3) is 7.45. The van der Waals surface area contributed by atoms with Gasteiger partial charge in [0.05, 0.1) is 12.7 Å². The van der Waals surface area contributed by atoms with Gasteiger partial charge in [0.15, 0.2) is 5.79 Å². The van der Waals surface area contributed by atoms with Crippen LogP contribution in [-0.2, 0) is 19.0 Å². The third-order valence-corrected chi connectivity index (χ3v) is 15.1. The Labute approximate surface area is 289 Å². The molecule has 11 atom stereocenters. The van der Waals surface area contributed by atoms with Crippen LogP contribution in [0.4, 0.5) is 0 Å². The van der Waals surface area contributed by atoms with Crippen molar-refractivity contribution < 1.29 is 19.0 Å². The van der Waals surface area contributed by atoms with E-state index in [4.69, 9.17) is 14.2 Å². The first-order valence-corrected chi connectivity index (χ1v) is 20.9. The van der Waals surface area contributed by atoms with Gasteiger partial charge in [-0.2, -0.15) is 0 Å². The van der Waals surface area contributed by atoms with Gasteiger partial charge >= 0.3 is 5.97 Å². The number of hydrogen-bond donors (Lipinski definition) is 0. The fourth-order valence-corrected chi connectivity index (χ4v) is 12.3. The summed E-state index contributed by atoms with van der Waals surface area (Å²) in [6.45, 7) is 13.1. The first-order chi connectivity index (χ1) is 22.7. The van der Waals surface area contributed by atoms with Gasteiger partial charge in [0, 0.05) is 25.2 Å². The van der Waals surface area contributed by atoms with E-state index < -0.39 is 0 Å². The molecule has 4 aliphatic carbocycles. The maximum atomic E-state index is 12.8. The maximum absolute atomic E-state index is 12.8. The Morgan fingerprint density at radius 3 is 2.19 bits per heavy atom. The zero-order valence-electron chi connectivity index (χ0n) is 31.3. The molecule has 2 aliphatic heterocycles. The summed E-state index contributed by atoms with van der Waals surface area (Å²) in [6.07, 6.45) is 31.6. The summed E-state index contributed by atoms with van der Waals surface area (Å²) >= 11 is 0. The van der Waals surface area contributed by atoms with Crippen LogP contribution in [0.2, 0.25) is 0 Å². The van der Waals surface area contributed by atoms with E-state index >= 15 is 0 Å². The highest BCUT2D eigenvalue weighted by Crippen LogP contribution is 2.70. The Morgan fingerprint density at radius 1 is 0.851 bits per heavy atom. The largest absolute Gasteiger partial charge is 0.462 e. The van der Waals surface area contributed by atoms with E-state index in [1.54, 1.807) is 5.57 Å². The lowest BCUT2D eigenvalue weighted by molar-refractivity contribution is -0.272. The van der Waals surface area contributed by atoms with Crippen LogP contribution in [0.3, 0.4) is 0 Å². The molecular weight excluding hydrogens is 580 g/mol. The molecule has 0 aromatic rings. The van der Waals surface area contributed by atoms with Crippen molar-refractivity contribution in [3.8, 4) is 0 Å². The first-order valence-electron chi connectivity index (χ1n) is 20.9. The fraction of sp³-hybridized carbons (Fsp3) is 0.930. The minimum absolute atomic E-state index is 0.0465. The number of ether oxygens (including phenoxy) is 3. The van der Waals surface area contributed by atoms with Crippen molar-refractivity contribution in [3.63, 3.8) is 0 Å². The molecule has 0 aromatic carbocycles. The van der Waals surface area contributed by atoms with E-state index in [1.165, 1.54) is 116 Å². The Balaban J connectivity index is 0.920. The molecule has 2 heterocycles. The molecular formula is C43H72O4. The summed E-state index contributed by atoms with van der Waals surface area (Å²) in [5.74, 6) is 3.78. The highest BCUT2D eigenvalue weighted by Gasteiger charge is 2.68. The Bertz CT molecular complexity index is 1060. The van der Waals surface area contributed by atoms with Crippen molar-refractivity contribution in [1.82, 2.24) is 0 Å². The summed E-state index contributed by atoms with van der Waals surface area (Å²) in [6, 6.07) is 0. The van der Waals surface area contributed by atoms with E-state index in [2.05, 4.69) is 40.7 Å². The van der Waals surface area contributed by atoms with Crippen molar-refractivity contribution in [2.45, 2.75) is 200 Å². The molecule has 2 saturated heterocycles. The van der Waals surface area contributed by atoms with Crippen LogP contribution in [0.1, 0.15) is 182 Å². The molecule has 0 bridgehead atoms. The molecule has 268 valence electrons. The van der Waals surface area contributed by atoms with E-state index in [1.807, 2.05) is 0 Å². The van der Waals surface area contributed by atoms with Gasteiger partial charge in [-0.15, -0.1) is 0 Å². The van der Waals surface area contributed by atoms with Crippen molar-refractivity contribution in [3.05, 3.63) is 11.6 Å². The number of hydrogen-bond acceptors (Lipinski definition) is 4. The number of fused-ring (bicyclic) bond motifs is 7. The third-order valence-electron chi connectivity index (χ3n) is 15.1. The molecule has 0 N–H and O–H groups in total. The van der Waals surface area contributed by atoms with Crippen molar-refractivity contribution in [2.24, 2.45) is 46.3 Å². The van der Waals surface area contributed by atoms with Crippen LogP contribution >= 0.6 is 0 Å². The molecule has 6 rings (SSSR count). The van der Waals surface area contributed by atoms with Gasteiger partial charge in [0.1, 0.15) is 6.10 Å². The molecule has 4 nitrogen and oxygen atoms in total. The molecule has 0 amide bonds. The average molecular weight is 653 g/mol. The van der Waals surface area contributed by atoms with Crippen molar-refractivity contribution >= 4 is 5.97 Å². The summed E-state index contributed by atoms with van der Waals surface area (Å²) < 4.78 is 19.7. The van der Waals surface area contributed by atoms with Crippen LogP contribution in [0.15, 0.2) is 11.6 Å². The van der Waals surface area contributed by atoms with E-state index in [9.17, 15) is 4.79 Å². The minimum atomic E-state index is -0.319. The number of carbonyl (C=O) groups excluding carboxylic acids is 1. The summed E-state index contributed by atoms with van der Waals surface area (Å²) in [4.78, 5) is 12.8. The molecule has 47 heavy (non-hydrogen) atoms. The number of carbonyl (C=O) groups is 1. The molecule has 2 unspecified atom stereocenters. The molecule has 5 fully saturated rings. The highest BCUT2D eigenvalue weighted by atomic mass is 16.7. The maximum Gasteiger partial charge on any atom is 0.306 e. The summed E-state index contributed by atoms with van der Waals surface area (Å²) in [5.41, 5.74) is 2.25. The number of unbranched alkanes of at least 4 members (excludes halogenated alkanes) is 12. The molecule has 6 aliphatic rings. The van der Waals surface area contributed by atoms with Crippen LogP contribution in [-0.4, -0.2) is 30.6 Å². The molecule has 3 saturated carbocycles. The van der Waals surface area contributed by atoms with E-state index in [0.717, 1.165) is 50.0 Å². The predicted molar refractivity (Wildman–Crippen MR) is 192 cm³/mol. The Morgan fingerprint density at radius 2 is 1.53 bits per heavy atom. The van der Waals surface area contributed by atoms with Crippen molar-refractivity contribution in [1.29, 1.82) is 0 Å².